The summed E-state index contributed by atoms with van der Waals surface area (Å²) >= 11 is 1.40. The molecule has 3 rings (SSSR count). The lowest BCUT2D eigenvalue weighted by atomic mass is 10.1. The number of thioether (sulfide) groups is 1. The van der Waals surface area contributed by atoms with E-state index in [4.69, 9.17) is 0 Å². The minimum absolute atomic E-state index is 0.230. The molecule has 0 spiro atoms. The van der Waals surface area contributed by atoms with E-state index >= 15 is 0 Å². The summed E-state index contributed by atoms with van der Waals surface area (Å²) in [7, 11) is -3.27. The lowest BCUT2D eigenvalue weighted by Gasteiger charge is -2.31. The molecule has 1 unspecified atom stereocenters. The van der Waals surface area contributed by atoms with Gasteiger partial charge in [-0.2, -0.15) is 0 Å². The first kappa shape index (κ1) is 20.8. The van der Waals surface area contributed by atoms with Gasteiger partial charge in [-0.15, -0.1) is 11.8 Å². The van der Waals surface area contributed by atoms with Crippen molar-refractivity contribution in [2.45, 2.75) is 29.7 Å². The van der Waals surface area contributed by atoms with E-state index in [-0.39, 0.29) is 24.3 Å². The highest BCUT2D eigenvalue weighted by Crippen LogP contribution is 2.25. The number of pyridine rings is 1. The predicted molar refractivity (Wildman–Crippen MR) is 107 cm³/mol. The molecule has 28 heavy (non-hydrogen) atoms. The number of hydrogen-bond acceptors (Lipinski definition) is 5. The Hall–Kier alpha value is -1.97. The quantitative estimate of drug-likeness (QED) is 0.723. The van der Waals surface area contributed by atoms with Crippen LogP contribution < -0.4 is 5.32 Å². The van der Waals surface area contributed by atoms with Crippen molar-refractivity contribution in [3.05, 3.63) is 59.5 Å². The third-order valence-corrected chi connectivity index (χ3v) is 6.84. The molecule has 1 aromatic carbocycles. The van der Waals surface area contributed by atoms with E-state index in [0.717, 1.165) is 12.0 Å². The van der Waals surface area contributed by atoms with Crippen LogP contribution in [0, 0.1) is 5.82 Å². The van der Waals surface area contributed by atoms with Crippen molar-refractivity contribution in [2.75, 3.05) is 19.3 Å². The number of halogens is 1. The van der Waals surface area contributed by atoms with Gasteiger partial charge in [0.05, 0.1) is 11.8 Å². The second-order valence-electron chi connectivity index (χ2n) is 6.70. The zero-order valence-corrected chi connectivity index (χ0v) is 17.1. The van der Waals surface area contributed by atoms with Gasteiger partial charge in [-0.1, -0.05) is 12.1 Å². The summed E-state index contributed by atoms with van der Waals surface area (Å²) in [5.41, 5.74) is 1.38. The van der Waals surface area contributed by atoms with Crippen LogP contribution in [0.4, 0.5) is 4.39 Å². The number of piperidine rings is 1. The van der Waals surface area contributed by atoms with Crippen LogP contribution in [0.5, 0.6) is 0 Å². The van der Waals surface area contributed by atoms with Crippen LogP contribution in [0.3, 0.4) is 0 Å². The summed E-state index contributed by atoms with van der Waals surface area (Å²) in [6, 6.07) is 9.37. The average Bonchev–Trinajstić information content (AvgIpc) is 2.67. The summed E-state index contributed by atoms with van der Waals surface area (Å²) in [5, 5.41) is 3.52. The smallest absolute Gasteiger partial charge is 0.254 e. The van der Waals surface area contributed by atoms with Crippen LogP contribution >= 0.6 is 11.8 Å². The van der Waals surface area contributed by atoms with Crippen molar-refractivity contribution in [2.24, 2.45) is 0 Å². The molecule has 1 aliphatic heterocycles. The van der Waals surface area contributed by atoms with Gasteiger partial charge in [-0.3, -0.25) is 4.79 Å². The molecule has 6 nitrogen and oxygen atoms in total. The van der Waals surface area contributed by atoms with Crippen LogP contribution in [0.2, 0.25) is 0 Å². The van der Waals surface area contributed by atoms with Gasteiger partial charge >= 0.3 is 0 Å². The third kappa shape index (κ3) is 5.52. The molecule has 1 fully saturated rings. The zero-order chi connectivity index (χ0) is 20.1. The fourth-order valence-corrected chi connectivity index (χ4v) is 4.89. The molecule has 2 aromatic rings. The Bertz CT molecular complexity index is 936. The van der Waals surface area contributed by atoms with Gasteiger partial charge in [0.15, 0.2) is 0 Å². The van der Waals surface area contributed by atoms with E-state index in [1.54, 1.807) is 30.5 Å². The molecule has 1 aromatic heterocycles. The summed E-state index contributed by atoms with van der Waals surface area (Å²) < 4.78 is 37.9. The SMILES string of the molecule is CS(=O)(=O)N1CCCC(NC(=O)c2cccnc2SCc2ccc(F)cc2)C1. The Morgan fingerprint density at radius 1 is 1.32 bits per heavy atom. The van der Waals surface area contributed by atoms with E-state index in [0.29, 0.717) is 29.3 Å². The molecule has 0 saturated carbocycles. The maximum Gasteiger partial charge on any atom is 0.254 e. The number of hydrogen-bond donors (Lipinski definition) is 1. The fourth-order valence-electron chi connectivity index (χ4n) is 3.04. The number of carbonyl (C=O) groups excluding carboxylic acids is 1. The molecule has 0 bridgehead atoms. The number of nitrogens with one attached hydrogen (secondary N) is 1. The van der Waals surface area contributed by atoms with Crippen LogP contribution in [0.1, 0.15) is 28.8 Å². The number of aromatic nitrogens is 1. The van der Waals surface area contributed by atoms with E-state index in [1.165, 1.54) is 34.5 Å². The van der Waals surface area contributed by atoms with Gasteiger partial charge in [0.25, 0.3) is 5.91 Å². The minimum Gasteiger partial charge on any atom is -0.348 e. The van der Waals surface area contributed by atoms with Crippen molar-refractivity contribution in [3.8, 4) is 0 Å². The van der Waals surface area contributed by atoms with Gasteiger partial charge in [0.2, 0.25) is 10.0 Å². The molecule has 1 saturated heterocycles. The Labute approximate surface area is 168 Å². The van der Waals surface area contributed by atoms with E-state index in [2.05, 4.69) is 10.3 Å². The number of nitrogens with zero attached hydrogens (tertiary/aromatic N) is 2. The van der Waals surface area contributed by atoms with E-state index < -0.39 is 10.0 Å². The van der Waals surface area contributed by atoms with Crippen LogP contribution in [0.25, 0.3) is 0 Å². The average molecular weight is 424 g/mol. The normalized spacial score (nSPS) is 18.0. The molecule has 1 atom stereocenters. The predicted octanol–water partition coefficient (Wildman–Crippen LogP) is 2.67. The Kier molecular flexibility index (Phi) is 6.69. The molecule has 150 valence electrons. The maximum atomic E-state index is 13.0. The minimum atomic E-state index is -3.27. The number of benzene rings is 1. The highest BCUT2D eigenvalue weighted by molar-refractivity contribution is 7.98. The Balaban J connectivity index is 1.66. The van der Waals surface area contributed by atoms with Gasteiger partial charge in [-0.05, 0) is 42.7 Å². The molecule has 9 heteroatoms. The number of rotatable bonds is 6. The first-order valence-corrected chi connectivity index (χ1v) is 11.7. The van der Waals surface area contributed by atoms with Gasteiger partial charge in [0, 0.05) is 31.1 Å². The molecular weight excluding hydrogens is 401 g/mol. The Morgan fingerprint density at radius 2 is 2.07 bits per heavy atom. The fraction of sp³-hybridized carbons (Fsp3) is 0.368. The lowest BCUT2D eigenvalue weighted by molar-refractivity contribution is 0.0917. The zero-order valence-electron chi connectivity index (χ0n) is 15.5. The van der Waals surface area contributed by atoms with Crippen LogP contribution in [-0.4, -0.2) is 49.0 Å². The van der Waals surface area contributed by atoms with Crippen molar-refractivity contribution >= 4 is 27.7 Å². The molecule has 1 aliphatic rings. The largest absolute Gasteiger partial charge is 0.348 e. The number of amides is 1. The van der Waals surface area contributed by atoms with Crippen molar-refractivity contribution in [3.63, 3.8) is 0 Å². The first-order valence-electron chi connectivity index (χ1n) is 8.91. The van der Waals surface area contributed by atoms with Gasteiger partial charge in [-0.25, -0.2) is 22.1 Å². The highest BCUT2D eigenvalue weighted by Gasteiger charge is 2.27. The van der Waals surface area contributed by atoms with Crippen molar-refractivity contribution < 1.29 is 17.6 Å². The Morgan fingerprint density at radius 3 is 2.79 bits per heavy atom. The second-order valence-corrected chi connectivity index (χ2v) is 9.65. The summed E-state index contributed by atoms with van der Waals surface area (Å²) in [4.78, 5) is 17.1. The molecule has 0 aliphatic carbocycles. The molecular formula is C19H22FN3O3S2. The van der Waals surface area contributed by atoms with Crippen LogP contribution in [-0.2, 0) is 15.8 Å². The van der Waals surface area contributed by atoms with Gasteiger partial charge in [0.1, 0.15) is 10.8 Å². The summed E-state index contributed by atoms with van der Waals surface area (Å²) in [6.45, 7) is 0.764. The molecule has 1 amide bonds. The number of carbonyl (C=O) groups is 1. The topological polar surface area (TPSA) is 79.4 Å². The molecule has 1 N–H and O–H groups in total. The van der Waals surface area contributed by atoms with E-state index in [1.807, 2.05) is 0 Å². The molecule has 0 radical (unpaired) electrons. The highest BCUT2D eigenvalue weighted by atomic mass is 32.2. The number of sulfonamides is 1. The van der Waals surface area contributed by atoms with Crippen molar-refractivity contribution in [1.82, 2.24) is 14.6 Å². The van der Waals surface area contributed by atoms with Crippen molar-refractivity contribution in [1.29, 1.82) is 0 Å². The monoisotopic (exact) mass is 423 g/mol. The maximum absolute atomic E-state index is 13.0. The van der Waals surface area contributed by atoms with Crippen LogP contribution in [0.15, 0.2) is 47.6 Å². The van der Waals surface area contributed by atoms with E-state index in [9.17, 15) is 17.6 Å². The molecule has 2 heterocycles. The first-order chi connectivity index (χ1) is 13.3. The lowest BCUT2D eigenvalue weighted by Crippen LogP contribution is -2.49. The van der Waals surface area contributed by atoms with Gasteiger partial charge < -0.3 is 5.32 Å². The second kappa shape index (κ2) is 9.02. The standard InChI is InChI=1S/C19H22FN3O3S2/c1-28(25,26)23-11-3-4-16(12-23)22-18(24)17-5-2-10-21-19(17)27-13-14-6-8-15(20)9-7-14/h2,5-10,16H,3-4,11-13H2,1H3,(H,22,24). The summed E-state index contributed by atoms with van der Waals surface area (Å²) in [5.74, 6) is 0.000363. The third-order valence-electron chi connectivity index (χ3n) is 4.49. The summed E-state index contributed by atoms with van der Waals surface area (Å²) in [6.07, 6.45) is 4.24.